The van der Waals surface area contributed by atoms with Gasteiger partial charge in [-0.15, -0.1) is 0 Å². The summed E-state index contributed by atoms with van der Waals surface area (Å²) in [5.41, 5.74) is 5.17. The average Bonchev–Trinajstić information content (AvgIpc) is 2.86. The van der Waals surface area contributed by atoms with Crippen molar-refractivity contribution in [2.45, 2.75) is 19.9 Å². The topological polar surface area (TPSA) is 61.9 Å². The van der Waals surface area contributed by atoms with Crippen LogP contribution < -0.4 is 10.2 Å². The maximum atomic E-state index is 12.2. The summed E-state index contributed by atoms with van der Waals surface area (Å²) in [4.78, 5) is 29.0. The number of aryl methyl sites for hydroxylation is 1. The number of hydrogen-bond donors (Lipinski definition) is 1. The number of benzene rings is 3. The van der Waals surface area contributed by atoms with Gasteiger partial charge in [-0.1, -0.05) is 60.2 Å². The molecule has 1 saturated heterocycles. The lowest BCUT2D eigenvalue weighted by Crippen LogP contribution is -2.45. The minimum absolute atomic E-state index is 0.154. The fourth-order valence-electron chi connectivity index (χ4n) is 4.03. The molecule has 0 unspecified atom stereocenters. The van der Waals surface area contributed by atoms with Gasteiger partial charge in [0.2, 0.25) is 0 Å². The predicted octanol–water partition coefficient (Wildman–Crippen LogP) is 4.04. The van der Waals surface area contributed by atoms with Crippen molar-refractivity contribution in [1.82, 2.24) is 4.90 Å². The molecule has 3 aromatic carbocycles. The lowest BCUT2D eigenvalue weighted by molar-refractivity contribution is -0.146. The lowest BCUT2D eigenvalue weighted by atomic mass is 10.1. The summed E-state index contributed by atoms with van der Waals surface area (Å²) in [5.74, 6) is -0.764. The minimum Gasteiger partial charge on any atom is -0.455 e. The van der Waals surface area contributed by atoms with E-state index in [-0.39, 0.29) is 18.9 Å². The molecule has 6 nitrogen and oxygen atoms in total. The number of anilines is 2. The largest absolute Gasteiger partial charge is 0.455 e. The van der Waals surface area contributed by atoms with Gasteiger partial charge in [0.1, 0.15) is 0 Å². The first-order valence-electron chi connectivity index (χ1n) is 11.7. The van der Waals surface area contributed by atoms with Crippen LogP contribution in [0.25, 0.3) is 0 Å². The van der Waals surface area contributed by atoms with E-state index in [1.807, 2.05) is 61.5 Å². The molecule has 0 spiro atoms. The molecule has 1 aliphatic rings. The molecule has 0 bridgehead atoms. The van der Waals surface area contributed by atoms with Crippen molar-refractivity contribution in [3.05, 3.63) is 95.6 Å². The van der Waals surface area contributed by atoms with Gasteiger partial charge in [-0.25, -0.2) is 0 Å². The zero-order chi connectivity index (χ0) is 23.8. The van der Waals surface area contributed by atoms with Crippen LogP contribution in [-0.4, -0.2) is 49.6 Å². The Balaban J connectivity index is 1.19. The van der Waals surface area contributed by atoms with Crippen molar-refractivity contribution < 1.29 is 14.3 Å². The second kappa shape index (κ2) is 11.5. The normalized spacial score (nSPS) is 14.0. The van der Waals surface area contributed by atoms with Crippen molar-refractivity contribution in [3.8, 4) is 0 Å². The Morgan fingerprint density at radius 2 is 1.50 bits per heavy atom. The highest BCUT2D eigenvalue weighted by Gasteiger charge is 2.17. The van der Waals surface area contributed by atoms with Crippen molar-refractivity contribution in [2.24, 2.45) is 0 Å². The van der Waals surface area contributed by atoms with Gasteiger partial charge in [0.15, 0.2) is 6.61 Å². The zero-order valence-corrected chi connectivity index (χ0v) is 19.6. The van der Waals surface area contributed by atoms with E-state index in [9.17, 15) is 9.59 Å². The molecule has 1 N–H and O–H groups in total. The van der Waals surface area contributed by atoms with E-state index in [0.717, 1.165) is 49.5 Å². The van der Waals surface area contributed by atoms with Gasteiger partial charge in [-0.3, -0.25) is 14.5 Å². The molecule has 6 heteroatoms. The van der Waals surface area contributed by atoms with Gasteiger partial charge in [0.05, 0.1) is 6.42 Å². The molecule has 0 aliphatic carbocycles. The van der Waals surface area contributed by atoms with Crippen molar-refractivity contribution in [3.63, 3.8) is 0 Å². The number of ether oxygens (including phenoxy) is 1. The monoisotopic (exact) mass is 457 g/mol. The van der Waals surface area contributed by atoms with Crippen LogP contribution in [0.2, 0.25) is 0 Å². The number of rotatable bonds is 8. The number of nitrogens with one attached hydrogen (secondary N) is 1. The molecule has 176 valence electrons. The Labute approximate surface area is 201 Å². The highest BCUT2D eigenvalue weighted by atomic mass is 16.5. The number of piperazine rings is 1. The minimum atomic E-state index is -0.416. The third-order valence-electron chi connectivity index (χ3n) is 5.97. The number of carbonyl (C=O) groups is 2. The van der Waals surface area contributed by atoms with Crippen molar-refractivity contribution in [1.29, 1.82) is 0 Å². The van der Waals surface area contributed by atoms with Crippen LogP contribution in [0.4, 0.5) is 11.4 Å². The molecule has 0 radical (unpaired) electrons. The molecule has 3 aromatic rings. The highest BCUT2D eigenvalue weighted by molar-refractivity contribution is 5.93. The van der Waals surface area contributed by atoms with Gasteiger partial charge in [-0.2, -0.15) is 0 Å². The van der Waals surface area contributed by atoms with Gasteiger partial charge in [-0.05, 0) is 42.3 Å². The standard InChI is InChI=1S/C28H31N3O3/c1-22-7-9-23(10-8-22)19-28(33)34-21-27(32)29-25-11-13-26(14-12-25)31-17-15-30(16-18-31)20-24-5-3-2-4-6-24/h2-14H,15-21H2,1H3,(H,29,32). The van der Waals surface area contributed by atoms with Crippen LogP contribution in [0.3, 0.4) is 0 Å². The molecular formula is C28H31N3O3. The summed E-state index contributed by atoms with van der Waals surface area (Å²) >= 11 is 0. The van der Waals surface area contributed by atoms with Gasteiger partial charge in [0, 0.05) is 44.1 Å². The van der Waals surface area contributed by atoms with E-state index in [4.69, 9.17) is 4.74 Å². The number of nitrogens with zero attached hydrogens (tertiary/aromatic N) is 2. The van der Waals surface area contributed by atoms with Crippen molar-refractivity contribution in [2.75, 3.05) is 43.0 Å². The number of hydrogen-bond acceptors (Lipinski definition) is 5. The van der Waals surface area contributed by atoms with Crippen LogP contribution in [0.5, 0.6) is 0 Å². The number of amides is 1. The second-order valence-corrected chi connectivity index (χ2v) is 8.67. The van der Waals surface area contributed by atoms with Crippen LogP contribution in [-0.2, 0) is 27.3 Å². The number of esters is 1. The highest BCUT2D eigenvalue weighted by Crippen LogP contribution is 2.20. The van der Waals surface area contributed by atoms with Crippen LogP contribution >= 0.6 is 0 Å². The summed E-state index contributed by atoms with van der Waals surface area (Å²) < 4.78 is 5.12. The molecule has 0 atom stereocenters. The fourth-order valence-corrected chi connectivity index (χ4v) is 4.03. The Morgan fingerprint density at radius 1 is 0.824 bits per heavy atom. The van der Waals surface area contributed by atoms with Crippen LogP contribution in [0.1, 0.15) is 16.7 Å². The maximum absolute atomic E-state index is 12.2. The maximum Gasteiger partial charge on any atom is 0.310 e. The molecule has 1 amide bonds. The summed E-state index contributed by atoms with van der Waals surface area (Å²) in [7, 11) is 0. The lowest BCUT2D eigenvalue weighted by Gasteiger charge is -2.36. The van der Waals surface area contributed by atoms with Crippen LogP contribution in [0.15, 0.2) is 78.9 Å². The molecular weight excluding hydrogens is 426 g/mol. The Bertz CT molecular complexity index is 1070. The summed E-state index contributed by atoms with van der Waals surface area (Å²) in [6, 6.07) is 26.0. The first-order valence-corrected chi connectivity index (χ1v) is 11.7. The summed E-state index contributed by atoms with van der Waals surface area (Å²) in [6.07, 6.45) is 0.154. The molecule has 1 aliphatic heterocycles. The summed E-state index contributed by atoms with van der Waals surface area (Å²) in [5, 5.41) is 2.79. The van der Waals surface area contributed by atoms with E-state index in [0.29, 0.717) is 5.69 Å². The molecule has 34 heavy (non-hydrogen) atoms. The first-order chi connectivity index (χ1) is 16.5. The quantitative estimate of drug-likeness (QED) is 0.518. The molecule has 4 rings (SSSR count). The molecule has 1 fully saturated rings. The van der Waals surface area contributed by atoms with E-state index >= 15 is 0 Å². The van der Waals surface area contributed by atoms with Gasteiger partial charge < -0.3 is 15.0 Å². The van der Waals surface area contributed by atoms with E-state index in [2.05, 4.69) is 39.4 Å². The third kappa shape index (κ3) is 6.93. The average molecular weight is 458 g/mol. The van der Waals surface area contributed by atoms with Crippen LogP contribution in [0, 0.1) is 6.92 Å². The van der Waals surface area contributed by atoms with Gasteiger partial charge >= 0.3 is 5.97 Å². The zero-order valence-electron chi connectivity index (χ0n) is 19.6. The molecule has 1 heterocycles. The van der Waals surface area contributed by atoms with Crippen molar-refractivity contribution >= 4 is 23.3 Å². The fraction of sp³-hybridized carbons (Fsp3) is 0.286. The second-order valence-electron chi connectivity index (χ2n) is 8.67. The van der Waals surface area contributed by atoms with Gasteiger partial charge in [0.25, 0.3) is 5.91 Å². The Hall–Kier alpha value is -3.64. The predicted molar refractivity (Wildman–Crippen MR) is 135 cm³/mol. The first kappa shape index (κ1) is 23.5. The number of carbonyl (C=O) groups excluding carboxylic acids is 2. The molecule has 0 saturated carbocycles. The summed E-state index contributed by atoms with van der Waals surface area (Å²) in [6.45, 7) is 6.64. The molecule has 0 aromatic heterocycles. The van der Waals surface area contributed by atoms with E-state index < -0.39 is 5.97 Å². The third-order valence-corrected chi connectivity index (χ3v) is 5.97. The Kier molecular flexibility index (Phi) is 7.94. The smallest absolute Gasteiger partial charge is 0.310 e. The Morgan fingerprint density at radius 3 is 2.18 bits per heavy atom. The van der Waals surface area contributed by atoms with E-state index in [1.165, 1.54) is 5.56 Å². The SMILES string of the molecule is Cc1ccc(CC(=O)OCC(=O)Nc2ccc(N3CCN(Cc4ccccc4)CC3)cc2)cc1. The van der Waals surface area contributed by atoms with E-state index in [1.54, 1.807) is 0 Å².